The van der Waals surface area contributed by atoms with E-state index in [1.807, 2.05) is 48.0 Å². The lowest BCUT2D eigenvalue weighted by atomic mass is 9.77. The van der Waals surface area contributed by atoms with Gasteiger partial charge in [0.25, 0.3) is 0 Å². The standard InChI is InChI=1S/C22H20ClNO3S2/c1-13-4-6-16(7-5-13)22(17-8-9-28-12-17)11-18(26)20(21(27)24-22)29-19(15(3)23)10-14(2)25/h4-10,12,20,25H,2-3,11H2,1H3,(H,24,27)/b19-10+. The molecule has 1 aliphatic heterocycles. The van der Waals surface area contributed by atoms with E-state index >= 15 is 0 Å². The van der Waals surface area contributed by atoms with Gasteiger partial charge in [0.05, 0.1) is 5.54 Å². The molecule has 2 N–H and O–H groups in total. The largest absolute Gasteiger partial charge is 0.509 e. The van der Waals surface area contributed by atoms with E-state index in [9.17, 15) is 14.7 Å². The third kappa shape index (κ3) is 4.50. The molecule has 1 fully saturated rings. The van der Waals surface area contributed by atoms with Crippen molar-refractivity contribution < 1.29 is 14.7 Å². The molecule has 0 spiro atoms. The number of allylic oxidation sites excluding steroid dienone is 2. The van der Waals surface area contributed by atoms with E-state index < -0.39 is 16.7 Å². The molecular formula is C22H20ClNO3S2. The van der Waals surface area contributed by atoms with E-state index in [1.165, 1.54) is 17.4 Å². The highest BCUT2D eigenvalue weighted by Gasteiger charge is 2.47. The quantitative estimate of drug-likeness (QED) is 0.364. The predicted molar refractivity (Wildman–Crippen MR) is 120 cm³/mol. The van der Waals surface area contributed by atoms with Crippen molar-refractivity contribution in [3.8, 4) is 0 Å². The topological polar surface area (TPSA) is 66.4 Å². The van der Waals surface area contributed by atoms with Crippen LogP contribution in [0.3, 0.4) is 0 Å². The average Bonchev–Trinajstić information content (AvgIpc) is 3.19. The molecule has 1 aromatic heterocycles. The van der Waals surface area contributed by atoms with Crippen molar-refractivity contribution in [1.29, 1.82) is 0 Å². The molecule has 0 radical (unpaired) electrons. The van der Waals surface area contributed by atoms with Crippen LogP contribution < -0.4 is 5.32 Å². The Balaban J connectivity index is 1.98. The summed E-state index contributed by atoms with van der Waals surface area (Å²) in [5, 5.41) is 15.5. The molecule has 2 heterocycles. The number of amides is 1. The van der Waals surface area contributed by atoms with E-state index in [4.69, 9.17) is 11.6 Å². The molecule has 1 amide bonds. The lowest BCUT2D eigenvalue weighted by Crippen LogP contribution is -2.58. The van der Waals surface area contributed by atoms with Crippen LogP contribution in [0.4, 0.5) is 0 Å². The minimum Gasteiger partial charge on any atom is -0.509 e. The van der Waals surface area contributed by atoms with Crippen LogP contribution in [0.25, 0.3) is 0 Å². The first-order valence-corrected chi connectivity index (χ1v) is 11.0. The summed E-state index contributed by atoms with van der Waals surface area (Å²) in [5.74, 6) is -0.867. The van der Waals surface area contributed by atoms with Gasteiger partial charge in [-0.2, -0.15) is 11.3 Å². The molecule has 29 heavy (non-hydrogen) atoms. The number of halogens is 1. The van der Waals surface area contributed by atoms with Crippen molar-refractivity contribution in [2.75, 3.05) is 0 Å². The van der Waals surface area contributed by atoms with Crippen molar-refractivity contribution in [3.05, 3.63) is 92.7 Å². The summed E-state index contributed by atoms with van der Waals surface area (Å²) in [6.45, 7) is 9.01. The lowest BCUT2D eigenvalue weighted by molar-refractivity contribution is -0.132. The zero-order chi connectivity index (χ0) is 21.2. The molecule has 7 heteroatoms. The van der Waals surface area contributed by atoms with Gasteiger partial charge in [-0.05, 0) is 41.0 Å². The Morgan fingerprint density at radius 2 is 1.97 bits per heavy atom. The van der Waals surface area contributed by atoms with Gasteiger partial charge in [-0.1, -0.05) is 54.6 Å². The fourth-order valence-electron chi connectivity index (χ4n) is 3.25. The first-order valence-electron chi connectivity index (χ1n) is 8.78. The van der Waals surface area contributed by atoms with E-state index in [0.717, 1.165) is 28.5 Å². The highest BCUT2D eigenvalue weighted by Crippen LogP contribution is 2.41. The maximum absolute atomic E-state index is 13.1. The van der Waals surface area contributed by atoms with Crippen molar-refractivity contribution in [2.45, 2.75) is 24.1 Å². The number of aliphatic hydroxyl groups excluding tert-OH is 1. The van der Waals surface area contributed by atoms with Crippen LogP contribution in [-0.2, 0) is 15.1 Å². The van der Waals surface area contributed by atoms with Gasteiger partial charge in [0, 0.05) is 16.4 Å². The lowest BCUT2D eigenvalue weighted by Gasteiger charge is -2.40. The second-order valence-electron chi connectivity index (χ2n) is 6.82. The predicted octanol–water partition coefficient (Wildman–Crippen LogP) is 5.20. The molecule has 2 atom stereocenters. The van der Waals surface area contributed by atoms with Gasteiger partial charge in [0.15, 0.2) is 5.78 Å². The van der Waals surface area contributed by atoms with Gasteiger partial charge >= 0.3 is 0 Å². The molecule has 0 bridgehead atoms. The third-order valence-corrected chi connectivity index (χ3v) is 7.00. The average molecular weight is 446 g/mol. The number of carbonyl (C=O) groups excluding carboxylic acids is 2. The number of nitrogens with one attached hydrogen (secondary N) is 1. The summed E-state index contributed by atoms with van der Waals surface area (Å²) in [6.07, 6.45) is 1.40. The summed E-state index contributed by atoms with van der Waals surface area (Å²) in [7, 11) is 0. The number of rotatable bonds is 6. The normalized spacial score (nSPS) is 22.3. The third-order valence-electron chi connectivity index (χ3n) is 4.67. The summed E-state index contributed by atoms with van der Waals surface area (Å²) < 4.78 is 0. The van der Waals surface area contributed by atoms with Crippen LogP contribution in [-0.4, -0.2) is 22.0 Å². The number of benzene rings is 1. The minimum atomic E-state index is -0.992. The van der Waals surface area contributed by atoms with E-state index in [0.29, 0.717) is 4.91 Å². The monoisotopic (exact) mass is 445 g/mol. The number of ketones is 1. The number of Topliss-reactive ketones (excluding diaryl/α,β-unsaturated/α-hetero) is 1. The van der Waals surface area contributed by atoms with Gasteiger partial charge in [0.1, 0.15) is 11.0 Å². The van der Waals surface area contributed by atoms with Gasteiger partial charge in [-0.3, -0.25) is 9.59 Å². The summed E-state index contributed by atoms with van der Waals surface area (Å²) in [6, 6.07) is 9.73. The van der Waals surface area contributed by atoms with Gasteiger partial charge in [0.2, 0.25) is 5.91 Å². The Kier molecular flexibility index (Phi) is 6.36. The van der Waals surface area contributed by atoms with Crippen molar-refractivity contribution >= 4 is 46.4 Å². The second-order valence-corrected chi connectivity index (χ2v) is 9.20. The first-order chi connectivity index (χ1) is 13.7. The molecule has 150 valence electrons. The zero-order valence-corrected chi connectivity index (χ0v) is 18.2. The molecule has 1 aromatic carbocycles. The number of hydrogen-bond acceptors (Lipinski definition) is 5. The summed E-state index contributed by atoms with van der Waals surface area (Å²) >= 11 is 8.45. The Bertz CT molecular complexity index is 976. The minimum absolute atomic E-state index is 0.109. The molecule has 0 aliphatic carbocycles. The second kappa shape index (κ2) is 8.61. The molecule has 4 nitrogen and oxygen atoms in total. The van der Waals surface area contributed by atoms with E-state index in [2.05, 4.69) is 18.5 Å². The van der Waals surface area contributed by atoms with Crippen LogP contribution in [0.1, 0.15) is 23.1 Å². The maximum atomic E-state index is 13.1. The van der Waals surface area contributed by atoms with Crippen molar-refractivity contribution in [1.82, 2.24) is 5.32 Å². The molecule has 2 aromatic rings. The van der Waals surface area contributed by atoms with Crippen LogP contribution in [0.2, 0.25) is 0 Å². The number of aryl methyl sites for hydroxylation is 1. The first kappa shape index (κ1) is 21.4. The van der Waals surface area contributed by atoms with E-state index in [1.54, 1.807) is 0 Å². The molecule has 3 rings (SSSR count). The van der Waals surface area contributed by atoms with Crippen LogP contribution in [0.5, 0.6) is 0 Å². The van der Waals surface area contributed by atoms with Crippen LogP contribution in [0.15, 0.2) is 76.0 Å². The fourth-order valence-corrected chi connectivity index (χ4v) is 5.14. The number of piperidine rings is 1. The molecule has 0 saturated carbocycles. The molecular weight excluding hydrogens is 426 g/mol. The Morgan fingerprint density at radius 1 is 1.28 bits per heavy atom. The van der Waals surface area contributed by atoms with E-state index in [-0.39, 0.29) is 23.0 Å². The molecule has 1 saturated heterocycles. The summed E-state index contributed by atoms with van der Waals surface area (Å²) in [5.41, 5.74) is 1.91. The number of thioether (sulfide) groups is 1. The maximum Gasteiger partial charge on any atom is 0.242 e. The number of thiophene rings is 1. The Hall–Kier alpha value is -2.28. The zero-order valence-electron chi connectivity index (χ0n) is 15.8. The number of aliphatic hydroxyl groups is 1. The number of hydrogen-bond donors (Lipinski definition) is 2. The van der Waals surface area contributed by atoms with Crippen molar-refractivity contribution in [3.63, 3.8) is 0 Å². The van der Waals surface area contributed by atoms with Crippen molar-refractivity contribution in [2.24, 2.45) is 0 Å². The van der Waals surface area contributed by atoms with Crippen LogP contribution in [0, 0.1) is 6.92 Å². The molecule has 2 unspecified atom stereocenters. The number of carbonyl (C=O) groups is 2. The smallest absolute Gasteiger partial charge is 0.242 e. The molecule has 1 aliphatic rings. The Morgan fingerprint density at radius 3 is 2.48 bits per heavy atom. The fraction of sp³-hybridized carbons (Fsp3) is 0.182. The SMILES string of the molecule is C=C(O)/C=C(/SC1C(=O)CC(c2ccc(C)cc2)(c2ccsc2)NC1=O)C(=C)Cl. The van der Waals surface area contributed by atoms with Gasteiger partial charge in [-0.15, -0.1) is 11.8 Å². The van der Waals surface area contributed by atoms with Crippen LogP contribution >= 0.6 is 34.7 Å². The van der Waals surface area contributed by atoms with Gasteiger partial charge < -0.3 is 10.4 Å². The van der Waals surface area contributed by atoms with Gasteiger partial charge in [-0.25, -0.2) is 0 Å². The Labute approximate surface area is 183 Å². The highest BCUT2D eigenvalue weighted by molar-refractivity contribution is 8.05. The highest BCUT2D eigenvalue weighted by atomic mass is 35.5. The summed E-state index contributed by atoms with van der Waals surface area (Å²) in [4.78, 5) is 26.5.